The summed E-state index contributed by atoms with van der Waals surface area (Å²) in [6.07, 6.45) is 0.512. The third-order valence-electron chi connectivity index (χ3n) is 3.18. The predicted molar refractivity (Wildman–Crippen MR) is 85.5 cm³/mol. The van der Waals surface area contributed by atoms with Crippen LogP contribution in [0.25, 0.3) is 0 Å². The first-order valence-electron chi connectivity index (χ1n) is 6.92. The third kappa shape index (κ3) is 3.91. The van der Waals surface area contributed by atoms with Gasteiger partial charge in [-0.25, -0.2) is 5.43 Å². The second-order valence-corrected chi connectivity index (χ2v) is 4.67. The van der Waals surface area contributed by atoms with Crippen molar-refractivity contribution in [1.82, 2.24) is 5.43 Å². The van der Waals surface area contributed by atoms with Crippen LogP contribution in [0.1, 0.15) is 29.3 Å². The van der Waals surface area contributed by atoms with Gasteiger partial charge in [-0.05, 0) is 30.7 Å². The van der Waals surface area contributed by atoms with Crippen molar-refractivity contribution in [1.29, 1.82) is 0 Å². The number of nitro groups is 1. The third-order valence-corrected chi connectivity index (χ3v) is 3.18. The van der Waals surface area contributed by atoms with Crippen LogP contribution < -0.4 is 5.43 Å². The SMILES string of the molecule is CC/C(=N\NC(=O)c1ccc([N+](=O)[O-])cc1)c1ccccc1O. The summed E-state index contributed by atoms with van der Waals surface area (Å²) in [6, 6.07) is 11.9. The number of nitrogens with one attached hydrogen (secondary N) is 1. The van der Waals surface area contributed by atoms with Gasteiger partial charge in [-0.2, -0.15) is 5.10 Å². The van der Waals surface area contributed by atoms with Crippen LogP contribution in [0.4, 0.5) is 5.69 Å². The van der Waals surface area contributed by atoms with E-state index in [0.717, 1.165) is 0 Å². The summed E-state index contributed by atoms with van der Waals surface area (Å²) in [5.74, 6) is -0.404. The smallest absolute Gasteiger partial charge is 0.271 e. The number of amides is 1. The largest absolute Gasteiger partial charge is 0.507 e. The number of nitro benzene ring substituents is 1. The molecular weight excluding hydrogens is 298 g/mol. The van der Waals surface area contributed by atoms with Gasteiger partial charge in [-0.3, -0.25) is 14.9 Å². The molecule has 0 bridgehead atoms. The Labute approximate surface area is 132 Å². The Morgan fingerprint density at radius 3 is 2.43 bits per heavy atom. The van der Waals surface area contributed by atoms with Crippen molar-refractivity contribution in [2.45, 2.75) is 13.3 Å². The van der Waals surface area contributed by atoms with Crippen molar-refractivity contribution in [2.24, 2.45) is 5.10 Å². The van der Waals surface area contributed by atoms with Gasteiger partial charge in [0.15, 0.2) is 0 Å². The molecule has 23 heavy (non-hydrogen) atoms. The van der Waals surface area contributed by atoms with Crippen LogP contribution in [0.3, 0.4) is 0 Å². The highest BCUT2D eigenvalue weighted by Gasteiger charge is 2.10. The lowest BCUT2D eigenvalue weighted by atomic mass is 10.1. The molecule has 7 nitrogen and oxygen atoms in total. The minimum atomic E-state index is -0.535. The lowest BCUT2D eigenvalue weighted by molar-refractivity contribution is -0.384. The van der Waals surface area contributed by atoms with Crippen molar-refractivity contribution in [3.63, 3.8) is 0 Å². The molecule has 0 unspecified atom stereocenters. The van der Waals surface area contributed by atoms with Gasteiger partial charge < -0.3 is 5.11 Å². The van der Waals surface area contributed by atoms with Crippen LogP contribution in [0, 0.1) is 10.1 Å². The molecule has 1 amide bonds. The number of hydrogen-bond donors (Lipinski definition) is 2. The molecule has 0 spiro atoms. The maximum atomic E-state index is 12.0. The van der Waals surface area contributed by atoms with Crippen molar-refractivity contribution >= 4 is 17.3 Å². The van der Waals surface area contributed by atoms with Crippen LogP contribution in [0.5, 0.6) is 5.75 Å². The van der Waals surface area contributed by atoms with Crippen molar-refractivity contribution in [3.8, 4) is 5.75 Å². The average Bonchev–Trinajstić information content (AvgIpc) is 2.56. The van der Waals surface area contributed by atoms with Crippen LogP contribution in [-0.4, -0.2) is 21.6 Å². The fourth-order valence-electron chi connectivity index (χ4n) is 1.96. The number of hydrazone groups is 1. The van der Waals surface area contributed by atoms with E-state index in [2.05, 4.69) is 10.5 Å². The van der Waals surface area contributed by atoms with E-state index in [4.69, 9.17) is 0 Å². The molecule has 2 N–H and O–H groups in total. The van der Waals surface area contributed by atoms with E-state index in [-0.39, 0.29) is 17.0 Å². The fraction of sp³-hybridized carbons (Fsp3) is 0.125. The van der Waals surface area contributed by atoms with Crippen molar-refractivity contribution < 1.29 is 14.8 Å². The molecule has 0 aliphatic carbocycles. The average molecular weight is 313 g/mol. The number of nitrogens with zero attached hydrogens (tertiary/aromatic N) is 2. The number of aromatic hydroxyl groups is 1. The molecule has 118 valence electrons. The molecule has 0 saturated carbocycles. The van der Waals surface area contributed by atoms with Gasteiger partial charge in [0.05, 0.1) is 10.6 Å². The molecular formula is C16H15N3O4. The van der Waals surface area contributed by atoms with E-state index >= 15 is 0 Å². The second-order valence-electron chi connectivity index (χ2n) is 4.67. The predicted octanol–water partition coefficient (Wildman–Crippen LogP) is 2.84. The topological polar surface area (TPSA) is 105 Å². The number of phenolic OH excluding ortho intramolecular Hbond substituents is 1. The van der Waals surface area contributed by atoms with Gasteiger partial charge in [0.1, 0.15) is 5.75 Å². The molecule has 0 aliphatic rings. The molecule has 0 atom stereocenters. The van der Waals surface area contributed by atoms with Gasteiger partial charge in [-0.15, -0.1) is 0 Å². The summed E-state index contributed by atoms with van der Waals surface area (Å²) >= 11 is 0. The summed E-state index contributed by atoms with van der Waals surface area (Å²) in [4.78, 5) is 22.1. The minimum Gasteiger partial charge on any atom is -0.507 e. The first-order valence-corrected chi connectivity index (χ1v) is 6.92. The highest BCUT2D eigenvalue weighted by molar-refractivity contribution is 6.03. The quantitative estimate of drug-likeness (QED) is 0.503. The summed E-state index contributed by atoms with van der Waals surface area (Å²) < 4.78 is 0. The molecule has 7 heteroatoms. The van der Waals surface area contributed by atoms with Gasteiger partial charge in [0.25, 0.3) is 11.6 Å². The Kier molecular flexibility index (Phi) is 5.03. The van der Waals surface area contributed by atoms with E-state index in [9.17, 15) is 20.0 Å². The number of carbonyl (C=O) groups is 1. The maximum absolute atomic E-state index is 12.0. The number of hydrogen-bond acceptors (Lipinski definition) is 5. The van der Waals surface area contributed by atoms with Gasteiger partial charge in [-0.1, -0.05) is 19.1 Å². The molecule has 0 saturated heterocycles. The number of phenols is 1. The minimum absolute atomic E-state index is 0.0812. The summed E-state index contributed by atoms with van der Waals surface area (Å²) in [5.41, 5.74) is 3.63. The summed E-state index contributed by atoms with van der Waals surface area (Å²) in [5, 5.41) is 24.4. The highest BCUT2D eigenvalue weighted by Crippen LogP contribution is 2.18. The van der Waals surface area contributed by atoms with Crippen LogP contribution in [-0.2, 0) is 0 Å². The number of carbonyl (C=O) groups excluding carboxylic acids is 1. The summed E-state index contributed by atoms with van der Waals surface area (Å²) in [7, 11) is 0. The Bertz CT molecular complexity index is 754. The van der Waals surface area contributed by atoms with Crippen LogP contribution in [0.15, 0.2) is 53.6 Å². The molecule has 0 aliphatic heterocycles. The monoisotopic (exact) mass is 313 g/mol. The van der Waals surface area contributed by atoms with E-state index in [1.807, 2.05) is 6.92 Å². The molecule has 2 aromatic carbocycles. The zero-order chi connectivity index (χ0) is 16.8. The lowest BCUT2D eigenvalue weighted by Crippen LogP contribution is -2.20. The van der Waals surface area contributed by atoms with Crippen LogP contribution >= 0.6 is 0 Å². The molecule has 0 aromatic heterocycles. The standard InChI is InChI=1S/C16H15N3O4/c1-2-14(13-5-3-4-6-15(13)20)17-18-16(21)11-7-9-12(10-8-11)19(22)23/h3-10,20H,2H2,1H3,(H,18,21)/b17-14+. The Balaban J connectivity index is 2.15. The normalized spacial score (nSPS) is 11.1. The first kappa shape index (κ1) is 16.2. The molecule has 2 rings (SSSR count). The maximum Gasteiger partial charge on any atom is 0.271 e. The zero-order valence-electron chi connectivity index (χ0n) is 12.4. The fourth-order valence-corrected chi connectivity index (χ4v) is 1.96. The molecule has 2 aromatic rings. The number of rotatable bonds is 5. The van der Waals surface area contributed by atoms with Gasteiger partial charge in [0.2, 0.25) is 0 Å². The lowest BCUT2D eigenvalue weighted by Gasteiger charge is -2.07. The Hall–Kier alpha value is -3.22. The number of non-ortho nitro benzene ring substituents is 1. The highest BCUT2D eigenvalue weighted by atomic mass is 16.6. The first-order chi connectivity index (χ1) is 11.0. The van der Waals surface area contributed by atoms with E-state index in [0.29, 0.717) is 17.7 Å². The molecule has 0 heterocycles. The zero-order valence-corrected chi connectivity index (χ0v) is 12.4. The molecule has 0 fully saturated rings. The van der Waals surface area contributed by atoms with E-state index in [1.54, 1.807) is 24.3 Å². The van der Waals surface area contributed by atoms with E-state index < -0.39 is 10.8 Å². The Morgan fingerprint density at radius 2 is 1.87 bits per heavy atom. The van der Waals surface area contributed by atoms with Crippen molar-refractivity contribution in [2.75, 3.05) is 0 Å². The number of para-hydroxylation sites is 1. The van der Waals surface area contributed by atoms with Crippen molar-refractivity contribution in [3.05, 3.63) is 69.8 Å². The van der Waals surface area contributed by atoms with Gasteiger partial charge in [0, 0.05) is 23.3 Å². The van der Waals surface area contributed by atoms with E-state index in [1.165, 1.54) is 24.3 Å². The molecule has 0 radical (unpaired) electrons. The summed E-state index contributed by atoms with van der Waals surface area (Å²) in [6.45, 7) is 1.85. The second kappa shape index (κ2) is 7.17. The number of benzene rings is 2. The Morgan fingerprint density at radius 1 is 1.22 bits per heavy atom. The van der Waals surface area contributed by atoms with Gasteiger partial charge >= 0.3 is 0 Å². The van der Waals surface area contributed by atoms with Crippen LogP contribution in [0.2, 0.25) is 0 Å².